The van der Waals surface area contributed by atoms with Crippen LogP contribution < -0.4 is 9.47 Å². The molecule has 1 heterocycles. The molecule has 0 fully saturated rings. The summed E-state index contributed by atoms with van der Waals surface area (Å²) >= 11 is 5.72. The van der Waals surface area contributed by atoms with Gasteiger partial charge in [0.15, 0.2) is 27.0 Å². The number of hydrogen-bond donors (Lipinski definition) is 0. The van der Waals surface area contributed by atoms with Crippen molar-refractivity contribution in [2.24, 2.45) is 0 Å². The molecule has 0 spiro atoms. The Morgan fingerprint density at radius 1 is 1.15 bits per heavy atom. The van der Waals surface area contributed by atoms with Crippen LogP contribution in [0.2, 0.25) is 0 Å². The van der Waals surface area contributed by atoms with Crippen LogP contribution in [0.3, 0.4) is 0 Å². The molecular weight excluding hydrogens is 464 g/mol. The zero-order valence-corrected chi connectivity index (χ0v) is 20.5. The van der Waals surface area contributed by atoms with Gasteiger partial charge in [0.1, 0.15) is 30.8 Å². The van der Waals surface area contributed by atoms with Crippen molar-refractivity contribution in [3.63, 3.8) is 0 Å². The molecule has 174 valence electrons. The van der Waals surface area contributed by atoms with Crippen molar-refractivity contribution in [1.82, 2.24) is 4.98 Å². The van der Waals surface area contributed by atoms with Gasteiger partial charge in [-0.2, -0.15) is 5.26 Å². The molecule has 3 rings (SSSR count). The lowest BCUT2D eigenvalue weighted by Crippen LogP contribution is -2.19. The van der Waals surface area contributed by atoms with E-state index in [9.17, 15) is 13.7 Å². The molecule has 0 amide bonds. The van der Waals surface area contributed by atoms with Crippen molar-refractivity contribution < 1.29 is 22.3 Å². The minimum Gasteiger partial charge on any atom is -0.491 e. The second-order valence-electron chi connectivity index (χ2n) is 8.11. The van der Waals surface area contributed by atoms with Crippen molar-refractivity contribution in [3.8, 4) is 17.6 Å². The van der Waals surface area contributed by atoms with E-state index in [2.05, 4.69) is 24.9 Å². The third kappa shape index (κ3) is 5.49. The van der Waals surface area contributed by atoms with Crippen LogP contribution >= 0.6 is 11.6 Å². The fourth-order valence-electron chi connectivity index (χ4n) is 3.49. The maximum Gasteiger partial charge on any atom is 0.200 e. The second kappa shape index (κ2) is 9.86. The van der Waals surface area contributed by atoms with Gasteiger partial charge in [0.2, 0.25) is 0 Å². The molecule has 0 radical (unpaired) electrons. The molecule has 0 aliphatic carbocycles. The average Bonchev–Trinajstić information content (AvgIpc) is 3.26. The summed E-state index contributed by atoms with van der Waals surface area (Å²) in [6, 6.07) is 13.6. The van der Waals surface area contributed by atoms with Crippen molar-refractivity contribution in [3.05, 3.63) is 70.8 Å². The van der Waals surface area contributed by atoms with Crippen LogP contribution in [0.4, 0.5) is 0 Å². The molecule has 2 aromatic carbocycles. The predicted molar refractivity (Wildman–Crippen MR) is 125 cm³/mol. The van der Waals surface area contributed by atoms with Gasteiger partial charge in [-0.05, 0) is 41.8 Å². The largest absolute Gasteiger partial charge is 0.491 e. The molecule has 9 heteroatoms. The first kappa shape index (κ1) is 24.6. The molecule has 0 atom stereocenters. The number of hydrogen-bond acceptors (Lipinski definition) is 7. The van der Waals surface area contributed by atoms with Gasteiger partial charge in [0.25, 0.3) is 0 Å². The van der Waals surface area contributed by atoms with E-state index in [1.54, 1.807) is 0 Å². The number of rotatable bonds is 9. The SMILES string of the molecule is Cc1cc(C(C)(C)c2ccc(OCc3ocnc3S(C)(=O)=O)cc2)cc(C#N)c1OCCCl. The second-order valence-corrected chi connectivity index (χ2v) is 10.4. The van der Waals surface area contributed by atoms with Gasteiger partial charge in [-0.3, -0.25) is 0 Å². The third-order valence-corrected chi connectivity index (χ3v) is 6.53. The topological polar surface area (TPSA) is 102 Å². The number of nitriles is 1. The van der Waals surface area contributed by atoms with Gasteiger partial charge in [-0.15, -0.1) is 11.6 Å². The van der Waals surface area contributed by atoms with E-state index in [-0.39, 0.29) is 17.4 Å². The number of halogens is 1. The highest BCUT2D eigenvalue weighted by Gasteiger charge is 2.26. The van der Waals surface area contributed by atoms with Crippen LogP contribution in [0, 0.1) is 18.3 Å². The highest BCUT2D eigenvalue weighted by molar-refractivity contribution is 7.90. The lowest BCUT2D eigenvalue weighted by molar-refractivity contribution is 0.265. The fourth-order valence-corrected chi connectivity index (χ4v) is 4.32. The van der Waals surface area contributed by atoms with E-state index in [0.717, 1.165) is 29.3 Å². The number of ether oxygens (including phenoxy) is 2. The Balaban J connectivity index is 1.81. The zero-order valence-electron chi connectivity index (χ0n) is 18.9. The number of alkyl halides is 1. The summed E-state index contributed by atoms with van der Waals surface area (Å²) in [6.07, 6.45) is 2.16. The Kier molecular flexibility index (Phi) is 7.35. The van der Waals surface area contributed by atoms with Gasteiger partial charge < -0.3 is 13.9 Å². The lowest BCUT2D eigenvalue weighted by Gasteiger charge is -2.27. The van der Waals surface area contributed by atoms with E-state index in [0.29, 0.717) is 29.5 Å². The van der Waals surface area contributed by atoms with Crippen LogP contribution in [0.1, 0.15) is 41.9 Å². The summed E-state index contributed by atoms with van der Waals surface area (Å²) in [5.74, 6) is 1.61. The highest BCUT2D eigenvalue weighted by Crippen LogP contribution is 2.36. The van der Waals surface area contributed by atoms with Crippen molar-refractivity contribution in [1.29, 1.82) is 5.26 Å². The minimum absolute atomic E-state index is 0.0559. The Morgan fingerprint density at radius 2 is 1.85 bits per heavy atom. The molecular formula is C24H25ClN2O5S. The van der Waals surface area contributed by atoms with Gasteiger partial charge in [0, 0.05) is 11.7 Å². The predicted octanol–water partition coefficient (Wildman–Crippen LogP) is 4.78. The molecule has 0 N–H and O–H groups in total. The average molecular weight is 489 g/mol. The highest BCUT2D eigenvalue weighted by atomic mass is 35.5. The van der Waals surface area contributed by atoms with Crippen LogP contribution in [0.25, 0.3) is 0 Å². The Morgan fingerprint density at radius 3 is 2.45 bits per heavy atom. The number of aryl methyl sites for hydroxylation is 1. The number of nitrogens with zero attached hydrogens (tertiary/aromatic N) is 2. The van der Waals surface area contributed by atoms with Crippen molar-refractivity contribution in [2.75, 3.05) is 18.7 Å². The van der Waals surface area contributed by atoms with Gasteiger partial charge in [0.05, 0.1) is 11.4 Å². The van der Waals surface area contributed by atoms with Crippen molar-refractivity contribution >= 4 is 21.4 Å². The van der Waals surface area contributed by atoms with Crippen LogP contribution in [0.15, 0.2) is 52.2 Å². The maximum atomic E-state index is 11.7. The van der Waals surface area contributed by atoms with Crippen LogP contribution in [-0.4, -0.2) is 32.1 Å². The van der Waals surface area contributed by atoms with Crippen LogP contribution in [-0.2, 0) is 21.9 Å². The molecule has 0 saturated heterocycles. The Hall–Kier alpha value is -3.02. The molecule has 1 aromatic heterocycles. The summed E-state index contributed by atoms with van der Waals surface area (Å²) in [5.41, 5.74) is 2.94. The minimum atomic E-state index is -3.49. The summed E-state index contributed by atoms with van der Waals surface area (Å²) in [4.78, 5) is 3.75. The van der Waals surface area contributed by atoms with Crippen LogP contribution in [0.5, 0.6) is 11.5 Å². The van der Waals surface area contributed by atoms with Gasteiger partial charge >= 0.3 is 0 Å². The summed E-state index contributed by atoms with van der Waals surface area (Å²) in [7, 11) is -3.49. The summed E-state index contributed by atoms with van der Waals surface area (Å²) < 4.78 is 40.0. The van der Waals surface area contributed by atoms with E-state index in [1.807, 2.05) is 43.3 Å². The molecule has 0 aliphatic rings. The molecule has 0 saturated carbocycles. The molecule has 33 heavy (non-hydrogen) atoms. The van der Waals surface area contributed by atoms with Gasteiger partial charge in [-0.1, -0.05) is 32.0 Å². The molecule has 7 nitrogen and oxygen atoms in total. The normalized spacial score (nSPS) is 11.8. The molecule has 0 unspecified atom stereocenters. The first-order valence-corrected chi connectivity index (χ1v) is 12.6. The quantitative estimate of drug-likeness (QED) is 0.399. The van der Waals surface area contributed by atoms with Crippen molar-refractivity contribution in [2.45, 2.75) is 37.8 Å². The standard InChI is InChI=1S/C24H25ClN2O5S/c1-16-11-19(12-17(13-26)22(16)30-10-9-25)24(2,3)18-5-7-20(8-6-18)31-14-21-23(27-15-32-21)33(4,28)29/h5-8,11-12,15H,9-10,14H2,1-4H3. The lowest BCUT2D eigenvalue weighted by atomic mass is 9.77. The first-order valence-electron chi connectivity index (χ1n) is 10.2. The molecule has 0 aliphatic heterocycles. The van der Waals surface area contributed by atoms with E-state index < -0.39 is 15.3 Å². The molecule has 0 bridgehead atoms. The van der Waals surface area contributed by atoms with E-state index >= 15 is 0 Å². The number of benzene rings is 2. The summed E-state index contributed by atoms with van der Waals surface area (Å²) in [5, 5.41) is 9.49. The van der Waals surface area contributed by atoms with E-state index in [1.165, 1.54) is 0 Å². The van der Waals surface area contributed by atoms with E-state index in [4.69, 9.17) is 25.5 Å². The molecule has 3 aromatic rings. The summed E-state index contributed by atoms with van der Waals surface area (Å²) in [6.45, 7) is 6.34. The Bertz CT molecular complexity index is 1280. The number of oxazole rings is 1. The number of aromatic nitrogens is 1. The number of sulfone groups is 1. The maximum absolute atomic E-state index is 11.7. The first-order chi connectivity index (χ1) is 15.6. The Labute approximate surface area is 198 Å². The fraction of sp³-hybridized carbons (Fsp3) is 0.333. The zero-order chi connectivity index (χ0) is 24.2. The van der Waals surface area contributed by atoms with Gasteiger partial charge in [-0.25, -0.2) is 13.4 Å². The smallest absolute Gasteiger partial charge is 0.200 e. The monoisotopic (exact) mass is 488 g/mol. The third-order valence-electron chi connectivity index (χ3n) is 5.34.